The Kier molecular flexibility index (Phi) is 10.4. The molecule has 0 bridgehead atoms. The van der Waals surface area contributed by atoms with Gasteiger partial charge in [-0.2, -0.15) is 0 Å². The fraction of sp³-hybridized carbons (Fsp3) is 0.278. The number of phenols is 2. The molecule has 2 N–H and O–H groups in total. The molecule has 8 heteroatoms. The van der Waals surface area contributed by atoms with Crippen LogP contribution in [-0.4, -0.2) is 22.1 Å². The summed E-state index contributed by atoms with van der Waals surface area (Å²) >= 11 is 0. The molecule has 44 heavy (non-hydrogen) atoms. The summed E-state index contributed by atoms with van der Waals surface area (Å²) in [6.07, 6.45) is 1.07. The Labute approximate surface area is 253 Å². The van der Waals surface area contributed by atoms with Crippen LogP contribution >= 0.6 is 0 Å². The van der Waals surface area contributed by atoms with E-state index in [0.29, 0.717) is 22.4 Å². The first-order chi connectivity index (χ1) is 20.9. The van der Waals surface area contributed by atoms with Crippen molar-refractivity contribution < 1.29 is 36.6 Å². The van der Waals surface area contributed by atoms with E-state index in [4.69, 9.17) is 5.11 Å². The van der Waals surface area contributed by atoms with Crippen molar-refractivity contribution in [2.24, 2.45) is 0 Å². The quantitative estimate of drug-likeness (QED) is 0.226. The van der Waals surface area contributed by atoms with Gasteiger partial charge in [0.2, 0.25) is 5.92 Å². The molecule has 2 nitrogen and oxygen atoms in total. The van der Waals surface area contributed by atoms with Crippen LogP contribution in [0.2, 0.25) is 0 Å². The first kappa shape index (κ1) is 32.7. The van der Waals surface area contributed by atoms with Crippen molar-refractivity contribution in [3.8, 4) is 11.5 Å². The second-order valence-corrected chi connectivity index (χ2v) is 11.1. The third-order valence-corrected chi connectivity index (χ3v) is 8.03. The van der Waals surface area contributed by atoms with E-state index in [1.165, 1.54) is 30.3 Å². The molecule has 0 heterocycles. The van der Waals surface area contributed by atoms with Crippen molar-refractivity contribution >= 4 is 5.57 Å². The van der Waals surface area contributed by atoms with Gasteiger partial charge in [0, 0.05) is 36.7 Å². The van der Waals surface area contributed by atoms with Crippen LogP contribution in [0.5, 0.6) is 11.5 Å². The van der Waals surface area contributed by atoms with Crippen molar-refractivity contribution in [1.82, 2.24) is 0 Å². The van der Waals surface area contributed by atoms with Crippen molar-refractivity contribution in [2.45, 2.75) is 62.2 Å². The third-order valence-electron chi connectivity index (χ3n) is 8.03. The van der Waals surface area contributed by atoms with Gasteiger partial charge in [0.05, 0.1) is 0 Å². The van der Waals surface area contributed by atoms with E-state index in [1.54, 1.807) is 72.8 Å². The molecule has 0 unspecified atom stereocenters. The summed E-state index contributed by atoms with van der Waals surface area (Å²) in [7, 11) is 0. The number of alkyl halides is 4. The van der Waals surface area contributed by atoms with Crippen LogP contribution in [0.15, 0.2) is 109 Å². The molecule has 4 aromatic rings. The van der Waals surface area contributed by atoms with E-state index < -0.39 is 17.3 Å². The van der Waals surface area contributed by atoms with Gasteiger partial charge in [-0.1, -0.05) is 72.8 Å². The Morgan fingerprint density at radius 2 is 1.07 bits per heavy atom. The number of aromatic hydroxyl groups is 2. The molecule has 0 atom stereocenters. The van der Waals surface area contributed by atoms with Gasteiger partial charge in [0.15, 0.2) is 0 Å². The minimum atomic E-state index is -2.69. The van der Waals surface area contributed by atoms with Gasteiger partial charge < -0.3 is 10.2 Å². The van der Waals surface area contributed by atoms with E-state index in [1.807, 2.05) is 6.07 Å². The summed E-state index contributed by atoms with van der Waals surface area (Å²) in [5, 5.41) is 18.1. The number of allylic oxidation sites excluding steroid dienone is 2. The topological polar surface area (TPSA) is 40.5 Å². The largest absolute Gasteiger partial charge is 0.508 e. The molecule has 2 aliphatic carbocycles. The number of phenolic OH excluding ortho intramolecular Hbond substituents is 2. The summed E-state index contributed by atoms with van der Waals surface area (Å²) in [5.74, 6) is -5.59. The second kappa shape index (κ2) is 14.1. The van der Waals surface area contributed by atoms with Gasteiger partial charge in [0.25, 0.3) is 5.92 Å². The van der Waals surface area contributed by atoms with Gasteiger partial charge in [-0.25, -0.2) is 26.3 Å². The number of para-hydroxylation sites is 1. The Bertz CT molecular complexity index is 1520. The van der Waals surface area contributed by atoms with Gasteiger partial charge >= 0.3 is 0 Å². The van der Waals surface area contributed by atoms with Gasteiger partial charge in [-0.3, -0.25) is 0 Å². The van der Waals surface area contributed by atoms with E-state index in [0.717, 1.165) is 5.56 Å². The molecule has 0 saturated heterocycles. The zero-order valence-electron chi connectivity index (χ0n) is 24.0. The van der Waals surface area contributed by atoms with Gasteiger partial charge in [0.1, 0.15) is 23.1 Å². The molecule has 0 aromatic heterocycles. The molecule has 2 aliphatic rings. The Hall–Kier alpha value is -4.20. The van der Waals surface area contributed by atoms with Gasteiger partial charge in [-0.15, -0.1) is 0 Å². The highest BCUT2D eigenvalue weighted by Gasteiger charge is 2.46. The predicted octanol–water partition coefficient (Wildman–Crippen LogP) is 10.4. The van der Waals surface area contributed by atoms with Crippen LogP contribution in [0.25, 0.3) is 5.57 Å². The lowest BCUT2D eigenvalue weighted by Gasteiger charge is -2.41. The smallest absolute Gasteiger partial charge is 0.251 e. The van der Waals surface area contributed by atoms with E-state index in [2.05, 4.69) is 0 Å². The average molecular weight is 613 g/mol. The van der Waals surface area contributed by atoms with E-state index in [9.17, 15) is 31.4 Å². The molecule has 0 aliphatic heterocycles. The minimum absolute atomic E-state index is 0.105. The molecular weight excluding hydrogens is 578 g/mol. The van der Waals surface area contributed by atoms with E-state index in [-0.39, 0.29) is 62.3 Å². The van der Waals surface area contributed by atoms with Crippen LogP contribution in [0.4, 0.5) is 26.3 Å². The highest BCUT2D eigenvalue weighted by Crippen LogP contribution is 2.50. The lowest BCUT2D eigenvalue weighted by Crippen LogP contribution is -2.38. The maximum Gasteiger partial charge on any atom is 0.251 e. The summed E-state index contributed by atoms with van der Waals surface area (Å²) in [6.45, 7) is 0. The highest BCUT2D eigenvalue weighted by atomic mass is 19.3. The standard InChI is InChI=1S/C18H17F3O.C12H11F3.C6H6O/c19-16-4-2-1-3-15(16)17(9-11-18(20,21)12-10-17)13-5-7-14(22)8-6-13;13-11-4-2-1-3-10(11)9-5-7-12(14,15)8-6-9;7-6-4-2-1-3-5-6/h1-8,22H,9-12H2;1-5H,6-8H2;1-5,7H. The average Bonchev–Trinajstić information content (AvgIpc) is 3.00. The van der Waals surface area contributed by atoms with Crippen LogP contribution in [0.1, 0.15) is 61.6 Å². The van der Waals surface area contributed by atoms with Crippen LogP contribution < -0.4 is 0 Å². The van der Waals surface area contributed by atoms with Crippen molar-refractivity contribution in [2.75, 3.05) is 0 Å². The number of hydrogen-bond acceptors (Lipinski definition) is 2. The van der Waals surface area contributed by atoms with Crippen LogP contribution in [0, 0.1) is 11.6 Å². The number of rotatable bonds is 3. The molecule has 0 radical (unpaired) electrons. The summed E-state index contributed by atoms with van der Waals surface area (Å²) in [4.78, 5) is 0. The number of benzene rings is 4. The number of halogens is 6. The molecule has 232 valence electrons. The number of hydrogen-bond donors (Lipinski definition) is 2. The maximum absolute atomic E-state index is 14.3. The van der Waals surface area contributed by atoms with Gasteiger partial charge in [-0.05, 0) is 72.4 Å². The third kappa shape index (κ3) is 8.46. The Morgan fingerprint density at radius 3 is 1.59 bits per heavy atom. The minimum Gasteiger partial charge on any atom is -0.508 e. The fourth-order valence-electron chi connectivity index (χ4n) is 5.57. The predicted molar refractivity (Wildman–Crippen MR) is 160 cm³/mol. The monoisotopic (exact) mass is 612 g/mol. The van der Waals surface area contributed by atoms with Crippen molar-refractivity contribution in [3.05, 3.63) is 138 Å². The molecule has 0 spiro atoms. The Morgan fingerprint density at radius 1 is 0.523 bits per heavy atom. The van der Waals surface area contributed by atoms with Crippen molar-refractivity contribution in [1.29, 1.82) is 0 Å². The summed E-state index contributed by atoms with van der Waals surface area (Å²) in [5.41, 5.74) is 1.61. The molecule has 6 rings (SSSR count). The molecule has 0 amide bonds. The SMILES string of the molecule is Fc1ccccc1C1=CCC(F)(F)CC1.Oc1ccc(C2(c3ccccc3F)CCC(F)(F)CC2)cc1.Oc1ccccc1. The zero-order chi connectivity index (χ0) is 31.8. The molecule has 1 fully saturated rings. The fourth-order valence-corrected chi connectivity index (χ4v) is 5.57. The molecule has 1 saturated carbocycles. The summed E-state index contributed by atoms with van der Waals surface area (Å²) < 4.78 is 80.6. The van der Waals surface area contributed by atoms with Crippen molar-refractivity contribution in [3.63, 3.8) is 0 Å². The second-order valence-electron chi connectivity index (χ2n) is 11.1. The van der Waals surface area contributed by atoms with Crippen LogP contribution in [0.3, 0.4) is 0 Å². The van der Waals surface area contributed by atoms with E-state index >= 15 is 0 Å². The van der Waals surface area contributed by atoms with Crippen LogP contribution in [-0.2, 0) is 5.41 Å². The first-order valence-electron chi connectivity index (χ1n) is 14.4. The highest BCUT2D eigenvalue weighted by molar-refractivity contribution is 5.66. The Balaban J connectivity index is 0.000000172. The lowest BCUT2D eigenvalue weighted by atomic mass is 9.64. The lowest BCUT2D eigenvalue weighted by molar-refractivity contribution is -0.0474. The first-order valence-corrected chi connectivity index (χ1v) is 14.4. The molecule has 4 aromatic carbocycles. The molecular formula is C36H34F6O2. The maximum atomic E-state index is 14.3. The zero-order valence-corrected chi connectivity index (χ0v) is 24.0. The summed E-state index contributed by atoms with van der Waals surface area (Å²) in [6, 6.07) is 27.8. The normalized spacial score (nSPS) is 18.0.